The molecule has 0 radical (unpaired) electrons. The molecule has 3 nitrogen and oxygen atoms in total. The lowest BCUT2D eigenvalue weighted by Crippen LogP contribution is -2.28. The summed E-state index contributed by atoms with van der Waals surface area (Å²) in [4.78, 5) is 0. The average molecular weight is 212 g/mol. The fraction of sp³-hybridized carbons (Fsp3) is 0.400. The summed E-state index contributed by atoms with van der Waals surface area (Å²) in [5, 5.41) is 0. The highest BCUT2D eigenvalue weighted by molar-refractivity contribution is 7.80. The molecule has 1 atom stereocenters. The van der Waals surface area contributed by atoms with E-state index in [0.717, 1.165) is 5.56 Å². The maximum absolute atomic E-state index is 10.9. The zero-order valence-electron chi connectivity index (χ0n) is 8.32. The Balaban J connectivity index is 2.79. The molecule has 0 saturated heterocycles. The number of hydrogen-bond donors (Lipinski definition) is 1. The lowest BCUT2D eigenvalue weighted by Gasteiger charge is -2.27. The first-order chi connectivity index (χ1) is 6.42. The summed E-state index contributed by atoms with van der Waals surface area (Å²) in [6.07, 6.45) is 0.503. The van der Waals surface area contributed by atoms with Crippen molar-refractivity contribution >= 4 is 16.8 Å². The summed E-state index contributed by atoms with van der Waals surface area (Å²) < 4.78 is 21.0. The van der Waals surface area contributed by atoms with E-state index < -0.39 is 15.8 Å². The van der Waals surface area contributed by atoms with Gasteiger partial charge in [-0.1, -0.05) is 12.1 Å². The van der Waals surface area contributed by atoms with Crippen molar-refractivity contribution in [2.75, 3.05) is 5.73 Å². The monoisotopic (exact) mass is 212 g/mol. The molecule has 0 spiro atoms. The molecular weight excluding hydrogens is 198 g/mol. The van der Waals surface area contributed by atoms with Crippen LogP contribution in [0.3, 0.4) is 0 Å². The molecule has 78 valence electrons. The van der Waals surface area contributed by atoms with Crippen LogP contribution >= 0.6 is 0 Å². The minimum atomic E-state index is -2.06. The molecule has 0 fully saturated rings. The molecule has 0 saturated carbocycles. The second kappa shape index (κ2) is 4.11. The zero-order valence-corrected chi connectivity index (χ0v) is 9.14. The van der Waals surface area contributed by atoms with Gasteiger partial charge in [-0.2, -0.15) is 0 Å². The van der Waals surface area contributed by atoms with Crippen LogP contribution in [0.2, 0.25) is 0 Å². The smallest absolute Gasteiger partial charge is 0.0314 e. The maximum atomic E-state index is 10.9. The number of anilines is 1. The van der Waals surface area contributed by atoms with E-state index in [0.29, 0.717) is 12.1 Å². The van der Waals surface area contributed by atoms with Gasteiger partial charge in [-0.15, -0.1) is 0 Å². The Morgan fingerprint density at radius 3 is 2.29 bits per heavy atom. The Bertz CT molecular complexity index is 332. The van der Waals surface area contributed by atoms with E-state index in [9.17, 15) is 8.76 Å². The summed E-state index contributed by atoms with van der Waals surface area (Å²) in [6, 6.07) is 7.26. The van der Waals surface area contributed by atoms with Crippen LogP contribution in [0.5, 0.6) is 0 Å². The fourth-order valence-corrected chi connectivity index (χ4v) is 1.47. The Morgan fingerprint density at radius 2 is 1.86 bits per heavy atom. The third-order valence-electron chi connectivity index (χ3n) is 2.06. The van der Waals surface area contributed by atoms with Gasteiger partial charge in [0, 0.05) is 10.4 Å². The van der Waals surface area contributed by atoms with Crippen LogP contribution in [0.25, 0.3) is 0 Å². The van der Waals surface area contributed by atoms with E-state index in [-0.39, 0.29) is 0 Å². The predicted molar refractivity (Wildman–Crippen MR) is 57.6 cm³/mol. The number of benzene rings is 1. The number of nitrogens with two attached hydrogens (primary N) is 1. The van der Waals surface area contributed by atoms with Crippen LogP contribution in [0.15, 0.2) is 24.3 Å². The molecule has 4 heteroatoms. The summed E-state index contributed by atoms with van der Waals surface area (Å²) in [5.74, 6) is 0. The van der Waals surface area contributed by atoms with Crippen molar-refractivity contribution in [3.63, 3.8) is 0 Å². The molecular formula is C10H14NO2S-. The van der Waals surface area contributed by atoms with E-state index in [1.165, 1.54) is 0 Å². The van der Waals surface area contributed by atoms with Gasteiger partial charge in [0.15, 0.2) is 0 Å². The van der Waals surface area contributed by atoms with Gasteiger partial charge in [-0.3, -0.25) is 4.21 Å². The third-order valence-corrected chi connectivity index (χ3v) is 3.11. The molecule has 0 heterocycles. The van der Waals surface area contributed by atoms with E-state index in [2.05, 4.69) is 0 Å². The van der Waals surface area contributed by atoms with Crippen molar-refractivity contribution in [1.29, 1.82) is 0 Å². The standard InChI is InChI=1S/C10H15NO2S/c1-10(2,14(12)13)7-8-3-5-9(11)6-4-8/h3-6H,7,11H2,1-2H3,(H,12,13)/p-1. The second-order valence-electron chi connectivity index (χ2n) is 3.91. The van der Waals surface area contributed by atoms with Gasteiger partial charge in [-0.05, 0) is 49.0 Å². The molecule has 1 aromatic carbocycles. The molecule has 0 aliphatic heterocycles. The molecule has 0 amide bonds. The highest BCUT2D eigenvalue weighted by Crippen LogP contribution is 2.18. The summed E-state index contributed by atoms with van der Waals surface area (Å²) >= 11 is -2.06. The second-order valence-corrected chi connectivity index (χ2v) is 5.49. The zero-order chi connectivity index (χ0) is 10.8. The predicted octanol–water partition coefficient (Wildman–Crippen LogP) is 1.47. The van der Waals surface area contributed by atoms with Crippen LogP contribution < -0.4 is 5.73 Å². The van der Waals surface area contributed by atoms with Crippen LogP contribution in [-0.4, -0.2) is 13.5 Å². The lowest BCUT2D eigenvalue weighted by atomic mass is 10.0. The van der Waals surface area contributed by atoms with Crippen LogP contribution in [0.4, 0.5) is 5.69 Å². The first-order valence-electron chi connectivity index (χ1n) is 4.35. The lowest BCUT2D eigenvalue weighted by molar-refractivity contribution is 0.493. The van der Waals surface area contributed by atoms with Crippen molar-refractivity contribution in [2.24, 2.45) is 0 Å². The van der Waals surface area contributed by atoms with Gasteiger partial charge in [0.2, 0.25) is 0 Å². The first kappa shape index (κ1) is 11.2. The molecule has 2 N–H and O–H groups in total. The van der Waals surface area contributed by atoms with Crippen molar-refractivity contribution in [1.82, 2.24) is 0 Å². The van der Waals surface area contributed by atoms with E-state index >= 15 is 0 Å². The quantitative estimate of drug-likeness (QED) is 0.609. The molecule has 1 rings (SSSR count). The van der Waals surface area contributed by atoms with E-state index in [1.54, 1.807) is 26.0 Å². The van der Waals surface area contributed by atoms with Gasteiger partial charge in [-0.25, -0.2) is 0 Å². The minimum Gasteiger partial charge on any atom is -0.772 e. The van der Waals surface area contributed by atoms with Gasteiger partial charge in [0.1, 0.15) is 0 Å². The highest BCUT2D eigenvalue weighted by Gasteiger charge is 2.19. The Kier molecular flexibility index (Phi) is 3.29. The van der Waals surface area contributed by atoms with Gasteiger partial charge in [0.05, 0.1) is 0 Å². The van der Waals surface area contributed by atoms with Gasteiger partial charge < -0.3 is 10.3 Å². The SMILES string of the molecule is CC(C)(Cc1ccc(N)cc1)S(=O)[O-]. The van der Waals surface area contributed by atoms with Crippen molar-refractivity contribution < 1.29 is 8.76 Å². The molecule has 0 aliphatic carbocycles. The molecule has 0 aliphatic rings. The maximum Gasteiger partial charge on any atom is 0.0314 e. The molecule has 0 bridgehead atoms. The van der Waals surface area contributed by atoms with Gasteiger partial charge in [0.25, 0.3) is 0 Å². The highest BCUT2D eigenvalue weighted by atomic mass is 32.2. The number of hydrogen-bond acceptors (Lipinski definition) is 3. The number of nitrogen functional groups attached to an aromatic ring is 1. The van der Waals surface area contributed by atoms with Crippen molar-refractivity contribution in [3.8, 4) is 0 Å². The first-order valence-corrected chi connectivity index (χ1v) is 5.43. The number of rotatable bonds is 3. The average Bonchev–Trinajstić information content (AvgIpc) is 2.08. The molecule has 14 heavy (non-hydrogen) atoms. The summed E-state index contributed by atoms with van der Waals surface area (Å²) in [7, 11) is 0. The van der Waals surface area contributed by atoms with Gasteiger partial charge >= 0.3 is 0 Å². The Morgan fingerprint density at radius 1 is 1.36 bits per heavy atom. The summed E-state index contributed by atoms with van der Waals surface area (Å²) in [6.45, 7) is 3.40. The topological polar surface area (TPSA) is 66.2 Å². The Labute approximate surface area is 86.6 Å². The van der Waals surface area contributed by atoms with E-state index in [4.69, 9.17) is 5.73 Å². The van der Waals surface area contributed by atoms with Crippen molar-refractivity contribution in [3.05, 3.63) is 29.8 Å². The van der Waals surface area contributed by atoms with Crippen LogP contribution in [-0.2, 0) is 17.5 Å². The minimum absolute atomic E-state index is 0.503. The summed E-state index contributed by atoms with van der Waals surface area (Å²) in [5.41, 5.74) is 7.20. The van der Waals surface area contributed by atoms with Crippen LogP contribution in [0, 0.1) is 0 Å². The fourth-order valence-electron chi connectivity index (χ4n) is 1.19. The molecule has 1 unspecified atom stereocenters. The third kappa shape index (κ3) is 2.82. The Hall–Kier alpha value is -0.870. The van der Waals surface area contributed by atoms with Crippen molar-refractivity contribution in [2.45, 2.75) is 25.0 Å². The molecule has 0 aromatic heterocycles. The van der Waals surface area contributed by atoms with E-state index in [1.807, 2.05) is 12.1 Å². The largest absolute Gasteiger partial charge is 0.772 e. The normalized spacial score (nSPS) is 13.9. The van der Waals surface area contributed by atoms with Crippen LogP contribution in [0.1, 0.15) is 19.4 Å². The molecule has 1 aromatic rings.